The van der Waals surface area contributed by atoms with E-state index in [0.717, 1.165) is 12.1 Å². The number of ether oxygens (including phenoxy) is 1. The van der Waals surface area contributed by atoms with Gasteiger partial charge in [0, 0.05) is 6.54 Å². The highest BCUT2D eigenvalue weighted by atomic mass is 32.2. The van der Waals surface area contributed by atoms with Crippen LogP contribution in [0.3, 0.4) is 0 Å². The molecule has 8 nitrogen and oxygen atoms in total. The summed E-state index contributed by atoms with van der Waals surface area (Å²) in [4.78, 5) is 9.71. The molecule has 0 spiro atoms. The summed E-state index contributed by atoms with van der Waals surface area (Å²) in [6.45, 7) is 1.51. The van der Waals surface area contributed by atoms with Crippen LogP contribution in [0.5, 0.6) is 5.75 Å². The second-order valence-electron chi connectivity index (χ2n) is 4.13. The fraction of sp³-hybridized carbons (Fsp3) is 0.455. The summed E-state index contributed by atoms with van der Waals surface area (Å²) in [5.74, 6) is 0.194. The molecule has 0 amide bonds. The molecule has 0 saturated heterocycles. The van der Waals surface area contributed by atoms with E-state index in [1.165, 1.54) is 20.1 Å². The lowest BCUT2D eigenvalue weighted by molar-refractivity contribution is -0.387. The van der Waals surface area contributed by atoms with Gasteiger partial charge in [0.1, 0.15) is 5.75 Å². The third-order valence-electron chi connectivity index (χ3n) is 2.51. The quantitative estimate of drug-likeness (QED) is 0.564. The molecule has 1 unspecified atom stereocenters. The van der Waals surface area contributed by atoms with Crippen LogP contribution in [0, 0.1) is 10.1 Å². The van der Waals surface area contributed by atoms with E-state index in [1.54, 1.807) is 0 Å². The molecule has 0 radical (unpaired) electrons. The van der Waals surface area contributed by atoms with Crippen molar-refractivity contribution in [2.75, 3.05) is 13.7 Å². The molecule has 20 heavy (non-hydrogen) atoms. The topological polar surface area (TPSA) is 119 Å². The van der Waals surface area contributed by atoms with Crippen molar-refractivity contribution in [3.05, 3.63) is 28.3 Å². The number of benzene rings is 1. The number of aliphatic hydroxyl groups excluding tert-OH is 1. The lowest BCUT2D eigenvalue weighted by Crippen LogP contribution is -2.27. The SMILES string of the molecule is COc1ccc(S(=O)(=O)NCCC(C)O)c([N+](=O)[O-])c1. The minimum Gasteiger partial charge on any atom is -0.497 e. The number of nitrogens with zero attached hydrogens (tertiary/aromatic N) is 1. The zero-order valence-electron chi connectivity index (χ0n) is 11.1. The van der Waals surface area contributed by atoms with E-state index < -0.39 is 31.6 Å². The Bertz CT molecular complexity index is 585. The first-order valence-electron chi connectivity index (χ1n) is 5.78. The van der Waals surface area contributed by atoms with Crippen LogP contribution in [-0.2, 0) is 10.0 Å². The third-order valence-corrected chi connectivity index (χ3v) is 4.01. The average molecular weight is 304 g/mol. The lowest BCUT2D eigenvalue weighted by Gasteiger charge is -2.09. The van der Waals surface area contributed by atoms with E-state index in [2.05, 4.69) is 4.72 Å². The number of nitro groups is 1. The highest BCUT2D eigenvalue weighted by Crippen LogP contribution is 2.28. The first-order valence-corrected chi connectivity index (χ1v) is 7.26. The Labute approximate surface area is 116 Å². The van der Waals surface area contributed by atoms with Crippen LogP contribution in [0.2, 0.25) is 0 Å². The molecule has 0 fully saturated rings. The van der Waals surface area contributed by atoms with Gasteiger partial charge in [0.25, 0.3) is 5.69 Å². The van der Waals surface area contributed by atoms with E-state index in [0.29, 0.717) is 0 Å². The summed E-state index contributed by atoms with van der Waals surface area (Å²) >= 11 is 0. The highest BCUT2D eigenvalue weighted by Gasteiger charge is 2.26. The van der Waals surface area contributed by atoms with Crippen molar-refractivity contribution in [3.8, 4) is 5.75 Å². The number of hydrogen-bond acceptors (Lipinski definition) is 6. The molecule has 0 aliphatic rings. The largest absolute Gasteiger partial charge is 0.497 e. The van der Waals surface area contributed by atoms with Gasteiger partial charge in [-0.1, -0.05) is 0 Å². The Morgan fingerprint density at radius 3 is 2.65 bits per heavy atom. The van der Waals surface area contributed by atoms with Crippen molar-refractivity contribution < 1.29 is 23.2 Å². The van der Waals surface area contributed by atoms with Crippen LogP contribution in [0.15, 0.2) is 23.1 Å². The molecule has 0 saturated carbocycles. The van der Waals surface area contributed by atoms with Gasteiger partial charge in [0.15, 0.2) is 4.90 Å². The smallest absolute Gasteiger partial charge is 0.293 e. The normalized spacial score (nSPS) is 12.9. The number of aliphatic hydroxyl groups is 1. The minimum atomic E-state index is -4.01. The van der Waals surface area contributed by atoms with Crippen molar-refractivity contribution in [2.45, 2.75) is 24.3 Å². The van der Waals surface area contributed by atoms with Gasteiger partial charge >= 0.3 is 0 Å². The van der Waals surface area contributed by atoms with E-state index >= 15 is 0 Å². The van der Waals surface area contributed by atoms with Gasteiger partial charge in [-0.3, -0.25) is 10.1 Å². The summed E-state index contributed by atoms with van der Waals surface area (Å²) in [5.41, 5.74) is -0.561. The van der Waals surface area contributed by atoms with Crippen LogP contribution >= 0.6 is 0 Å². The molecule has 0 aromatic heterocycles. The molecule has 0 bridgehead atoms. The molecule has 1 rings (SSSR count). The van der Waals surface area contributed by atoms with E-state index in [4.69, 9.17) is 9.84 Å². The number of nitro benzene ring substituents is 1. The van der Waals surface area contributed by atoms with Gasteiger partial charge in [0.05, 0.1) is 24.2 Å². The van der Waals surface area contributed by atoms with Crippen molar-refractivity contribution in [1.29, 1.82) is 0 Å². The number of nitrogens with one attached hydrogen (secondary N) is 1. The van der Waals surface area contributed by atoms with E-state index in [-0.39, 0.29) is 18.7 Å². The molecule has 0 heterocycles. The Morgan fingerprint density at radius 2 is 2.15 bits per heavy atom. The van der Waals surface area contributed by atoms with Crippen LogP contribution in [-0.4, -0.2) is 38.2 Å². The summed E-state index contributed by atoms with van der Waals surface area (Å²) in [5, 5.41) is 20.0. The Balaban J connectivity index is 3.08. The number of rotatable bonds is 7. The van der Waals surface area contributed by atoms with E-state index in [1.807, 2.05) is 0 Å². The van der Waals surface area contributed by atoms with Crippen LogP contribution in [0.25, 0.3) is 0 Å². The zero-order valence-corrected chi connectivity index (χ0v) is 11.9. The second kappa shape index (κ2) is 6.64. The third kappa shape index (κ3) is 4.15. The van der Waals surface area contributed by atoms with Crippen LogP contribution in [0.1, 0.15) is 13.3 Å². The predicted molar refractivity (Wildman–Crippen MR) is 71.1 cm³/mol. The van der Waals surface area contributed by atoms with Gasteiger partial charge in [-0.15, -0.1) is 0 Å². The molecule has 1 aromatic rings. The molecule has 0 aliphatic carbocycles. The number of hydrogen-bond donors (Lipinski definition) is 2. The van der Waals surface area contributed by atoms with Crippen LogP contribution in [0.4, 0.5) is 5.69 Å². The lowest BCUT2D eigenvalue weighted by atomic mass is 10.3. The molecule has 2 N–H and O–H groups in total. The first-order chi connectivity index (χ1) is 9.27. The molecular formula is C11H16N2O6S. The summed E-state index contributed by atoms with van der Waals surface area (Å²) in [6, 6.07) is 3.49. The minimum absolute atomic E-state index is 0.0107. The number of methoxy groups -OCH3 is 1. The molecule has 1 atom stereocenters. The fourth-order valence-electron chi connectivity index (χ4n) is 1.47. The van der Waals surface area contributed by atoms with Gasteiger partial charge in [0.2, 0.25) is 10.0 Å². The maximum Gasteiger partial charge on any atom is 0.293 e. The monoisotopic (exact) mass is 304 g/mol. The Kier molecular flexibility index (Phi) is 5.43. The average Bonchev–Trinajstić information content (AvgIpc) is 2.37. The first kappa shape index (κ1) is 16.3. The second-order valence-corrected chi connectivity index (χ2v) is 5.86. The van der Waals surface area contributed by atoms with Gasteiger partial charge in [-0.05, 0) is 25.5 Å². The van der Waals surface area contributed by atoms with Crippen molar-refractivity contribution >= 4 is 15.7 Å². The van der Waals surface area contributed by atoms with Crippen molar-refractivity contribution in [1.82, 2.24) is 4.72 Å². The standard InChI is InChI=1S/C11H16N2O6S/c1-8(14)5-6-12-20(17,18)11-4-3-9(19-2)7-10(11)13(15)16/h3-4,7-8,12,14H,5-6H2,1-2H3. The molecule has 9 heteroatoms. The van der Waals surface area contributed by atoms with Crippen molar-refractivity contribution in [2.24, 2.45) is 0 Å². The van der Waals surface area contributed by atoms with Gasteiger partial charge in [-0.25, -0.2) is 13.1 Å². The molecule has 112 valence electrons. The van der Waals surface area contributed by atoms with Gasteiger partial charge < -0.3 is 9.84 Å². The molecular weight excluding hydrogens is 288 g/mol. The predicted octanol–water partition coefficient (Wildman–Crippen LogP) is 0.653. The summed E-state index contributed by atoms with van der Waals surface area (Å²) in [7, 11) is -2.69. The number of sulfonamides is 1. The summed E-state index contributed by atoms with van der Waals surface area (Å²) in [6.07, 6.45) is -0.452. The van der Waals surface area contributed by atoms with Gasteiger partial charge in [-0.2, -0.15) is 0 Å². The fourth-order valence-corrected chi connectivity index (χ4v) is 2.67. The molecule has 1 aromatic carbocycles. The maximum absolute atomic E-state index is 12.0. The van der Waals surface area contributed by atoms with Crippen molar-refractivity contribution in [3.63, 3.8) is 0 Å². The van der Waals surface area contributed by atoms with E-state index in [9.17, 15) is 18.5 Å². The Hall–Kier alpha value is -1.71. The summed E-state index contributed by atoms with van der Waals surface area (Å²) < 4.78 is 31.0. The highest BCUT2D eigenvalue weighted by molar-refractivity contribution is 7.89. The Morgan fingerprint density at radius 1 is 1.50 bits per heavy atom. The maximum atomic E-state index is 12.0. The zero-order chi connectivity index (χ0) is 15.3. The van der Waals surface area contributed by atoms with Crippen LogP contribution < -0.4 is 9.46 Å². The molecule has 0 aliphatic heterocycles.